The Balaban J connectivity index is 2.49. The van der Waals surface area contributed by atoms with Gasteiger partial charge in [-0.2, -0.15) is 0 Å². The van der Waals surface area contributed by atoms with Gasteiger partial charge >= 0.3 is 0 Å². The third-order valence-electron chi connectivity index (χ3n) is 3.08. The highest BCUT2D eigenvalue weighted by Gasteiger charge is 2.10. The van der Waals surface area contributed by atoms with Gasteiger partial charge in [-0.3, -0.25) is 0 Å². The molecule has 0 spiro atoms. The fourth-order valence-corrected chi connectivity index (χ4v) is 2.52. The summed E-state index contributed by atoms with van der Waals surface area (Å²) in [6.07, 6.45) is 6.60. The molecule has 0 atom stereocenters. The van der Waals surface area contributed by atoms with E-state index in [0.29, 0.717) is 4.77 Å². The molecule has 1 heterocycles. The van der Waals surface area contributed by atoms with Gasteiger partial charge in [-0.1, -0.05) is 24.3 Å². The zero-order valence-electron chi connectivity index (χ0n) is 9.08. The van der Waals surface area contributed by atoms with E-state index in [4.69, 9.17) is 12.2 Å². The molecule has 1 N–H and O–H groups in total. The Labute approximate surface area is 99.0 Å². The van der Waals surface area contributed by atoms with Crippen LogP contribution in [-0.2, 0) is 6.42 Å². The van der Waals surface area contributed by atoms with E-state index in [-0.39, 0.29) is 0 Å². The molecule has 16 heavy (non-hydrogen) atoms. The van der Waals surface area contributed by atoms with E-state index in [9.17, 15) is 0 Å². The highest BCUT2D eigenvalue weighted by molar-refractivity contribution is 7.71. The minimum absolute atomic E-state index is 0.567. The molecule has 2 aromatic rings. The predicted molar refractivity (Wildman–Crippen MR) is 69.0 cm³/mol. The van der Waals surface area contributed by atoms with Gasteiger partial charge in [0.25, 0.3) is 0 Å². The number of fused-ring (bicyclic) bond motifs is 3. The smallest absolute Gasteiger partial charge is 0.197 e. The highest BCUT2D eigenvalue weighted by atomic mass is 32.1. The fraction of sp³-hybridized carbons (Fsp3) is 0.231. The third kappa shape index (κ3) is 1.39. The number of aryl methyl sites for hydroxylation is 2. The maximum absolute atomic E-state index is 5.14. The van der Waals surface area contributed by atoms with Crippen LogP contribution < -0.4 is 0 Å². The van der Waals surface area contributed by atoms with E-state index in [1.54, 1.807) is 0 Å². The first-order valence-electron chi connectivity index (χ1n) is 5.45. The quantitative estimate of drug-likeness (QED) is 0.698. The summed E-state index contributed by atoms with van der Waals surface area (Å²) in [7, 11) is 0. The van der Waals surface area contributed by atoms with Crippen molar-refractivity contribution in [1.29, 1.82) is 0 Å². The summed E-state index contributed by atoms with van der Waals surface area (Å²) < 4.78 is 0.567. The van der Waals surface area contributed by atoms with E-state index in [1.165, 1.54) is 16.5 Å². The lowest BCUT2D eigenvalue weighted by Gasteiger charge is -2.13. The Kier molecular flexibility index (Phi) is 2.14. The monoisotopic (exact) mass is 228 g/mol. The summed E-state index contributed by atoms with van der Waals surface area (Å²) in [5, 5.41) is 1.17. The lowest BCUT2D eigenvalue weighted by Crippen LogP contribution is -1.98. The van der Waals surface area contributed by atoms with Crippen LogP contribution in [0.15, 0.2) is 18.2 Å². The van der Waals surface area contributed by atoms with Gasteiger partial charge < -0.3 is 4.98 Å². The number of allylic oxidation sites excluding steroid dienone is 1. The SMILES string of the molecule is Cc1[nH]c(=S)nc2c3c(ccc12)CCC=C3. The third-order valence-corrected chi connectivity index (χ3v) is 3.28. The maximum Gasteiger partial charge on any atom is 0.197 e. The van der Waals surface area contributed by atoms with Crippen molar-refractivity contribution in [2.45, 2.75) is 19.8 Å². The zero-order valence-corrected chi connectivity index (χ0v) is 9.90. The molecule has 0 fully saturated rings. The van der Waals surface area contributed by atoms with Crippen LogP contribution in [0.25, 0.3) is 17.0 Å². The molecule has 0 bridgehead atoms. The highest BCUT2D eigenvalue weighted by Crippen LogP contribution is 2.27. The lowest BCUT2D eigenvalue weighted by molar-refractivity contribution is 0.985. The largest absolute Gasteiger partial charge is 0.334 e. The number of aromatic nitrogens is 2. The number of H-pyrrole nitrogens is 1. The van der Waals surface area contributed by atoms with E-state index < -0.39 is 0 Å². The van der Waals surface area contributed by atoms with Crippen molar-refractivity contribution in [3.05, 3.63) is 39.8 Å². The van der Waals surface area contributed by atoms with E-state index in [1.807, 2.05) is 6.92 Å². The Hall–Kier alpha value is -1.48. The fourth-order valence-electron chi connectivity index (χ4n) is 2.27. The Bertz CT molecular complexity index is 653. The first kappa shape index (κ1) is 9.73. The lowest BCUT2D eigenvalue weighted by atomic mass is 9.94. The average molecular weight is 228 g/mol. The number of aromatic amines is 1. The molecule has 3 heteroatoms. The first-order valence-corrected chi connectivity index (χ1v) is 5.85. The Morgan fingerprint density at radius 1 is 1.38 bits per heavy atom. The average Bonchev–Trinajstić information content (AvgIpc) is 2.28. The molecule has 0 saturated carbocycles. The normalized spacial score (nSPS) is 14.1. The minimum Gasteiger partial charge on any atom is -0.334 e. The maximum atomic E-state index is 5.14. The van der Waals surface area contributed by atoms with Crippen molar-refractivity contribution >= 4 is 29.2 Å². The van der Waals surface area contributed by atoms with Crippen molar-refractivity contribution in [3.63, 3.8) is 0 Å². The van der Waals surface area contributed by atoms with Gasteiger partial charge in [-0.05, 0) is 37.5 Å². The summed E-state index contributed by atoms with van der Waals surface area (Å²) in [6.45, 7) is 2.04. The summed E-state index contributed by atoms with van der Waals surface area (Å²) in [5.74, 6) is 0. The summed E-state index contributed by atoms with van der Waals surface area (Å²) in [4.78, 5) is 7.56. The van der Waals surface area contributed by atoms with Gasteiger partial charge in [0.1, 0.15) is 0 Å². The number of nitrogens with zero attached hydrogens (tertiary/aromatic N) is 1. The second-order valence-corrected chi connectivity index (χ2v) is 4.53. The molecule has 0 amide bonds. The molecule has 1 aromatic heterocycles. The van der Waals surface area contributed by atoms with Crippen LogP contribution >= 0.6 is 12.2 Å². The number of benzene rings is 1. The van der Waals surface area contributed by atoms with Crippen LogP contribution in [0, 0.1) is 11.7 Å². The molecule has 0 aliphatic heterocycles. The molecule has 1 aliphatic carbocycles. The number of nitrogens with one attached hydrogen (secondary N) is 1. The number of hydrogen-bond acceptors (Lipinski definition) is 2. The van der Waals surface area contributed by atoms with Gasteiger partial charge in [-0.25, -0.2) is 4.98 Å². The molecule has 0 saturated heterocycles. The molecule has 0 unspecified atom stereocenters. The van der Waals surface area contributed by atoms with Gasteiger partial charge in [0.15, 0.2) is 4.77 Å². The van der Waals surface area contributed by atoms with Crippen LogP contribution in [0.3, 0.4) is 0 Å². The van der Waals surface area contributed by atoms with Crippen LogP contribution in [0.4, 0.5) is 0 Å². The van der Waals surface area contributed by atoms with Crippen LogP contribution in [-0.4, -0.2) is 9.97 Å². The molecule has 80 valence electrons. The standard InChI is InChI=1S/C13H12N2S/c1-8-10-7-6-9-4-2-3-5-11(9)12(10)15-13(16)14-8/h3,5-7H,2,4H2,1H3,(H,14,15,16). The molecular weight excluding hydrogens is 216 g/mol. The van der Waals surface area contributed by atoms with E-state index in [2.05, 4.69) is 34.3 Å². The van der Waals surface area contributed by atoms with Gasteiger partial charge in [0.05, 0.1) is 5.52 Å². The molecule has 2 nitrogen and oxygen atoms in total. The molecule has 0 radical (unpaired) electrons. The van der Waals surface area contributed by atoms with Crippen LogP contribution in [0.1, 0.15) is 23.2 Å². The summed E-state index contributed by atoms with van der Waals surface area (Å²) >= 11 is 5.14. The second kappa shape index (κ2) is 3.52. The van der Waals surface area contributed by atoms with Crippen LogP contribution in [0.2, 0.25) is 0 Å². The van der Waals surface area contributed by atoms with Gasteiger partial charge in [-0.15, -0.1) is 0 Å². The number of rotatable bonds is 0. The predicted octanol–water partition coefficient (Wildman–Crippen LogP) is 3.56. The van der Waals surface area contributed by atoms with Crippen molar-refractivity contribution in [2.24, 2.45) is 0 Å². The first-order chi connectivity index (χ1) is 7.75. The van der Waals surface area contributed by atoms with Crippen molar-refractivity contribution < 1.29 is 0 Å². The van der Waals surface area contributed by atoms with Crippen LogP contribution in [0.5, 0.6) is 0 Å². The zero-order chi connectivity index (χ0) is 11.1. The van der Waals surface area contributed by atoms with Gasteiger partial charge in [0.2, 0.25) is 0 Å². The molecule has 3 rings (SSSR count). The molecule has 1 aliphatic rings. The topological polar surface area (TPSA) is 28.7 Å². The summed E-state index contributed by atoms with van der Waals surface area (Å²) in [6, 6.07) is 4.34. The van der Waals surface area contributed by atoms with Crippen molar-refractivity contribution in [1.82, 2.24) is 9.97 Å². The van der Waals surface area contributed by atoms with Gasteiger partial charge in [0, 0.05) is 16.6 Å². The second-order valence-electron chi connectivity index (χ2n) is 4.14. The molecular formula is C13H12N2S. The van der Waals surface area contributed by atoms with E-state index >= 15 is 0 Å². The minimum atomic E-state index is 0.567. The van der Waals surface area contributed by atoms with Crippen molar-refractivity contribution in [2.75, 3.05) is 0 Å². The number of hydrogen-bond donors (Lipinski definition) is 1. The Morgan fingerprint density at radius 3 is 3.12 bits per heavy atom. The molecule has 1 aromatic carbocycles. The Morgan fingerprint density at radius 2 is 2.25 bits per heavy atom. The van der Waals surface area contributed by atoms with Crippen molar-refractivity contribution in [3.8, 4) is 0 Å². The summed E-state index contributed by atoms with van der Waals surface area (Å²) in [5.41, 5.74) is 4.75. The van der Waals surface area contributed by atoms with E-state index in [0.717, 1.165) is 24.1 Å².